The first-order chi connectivity index (χ1) is 5.04. The number of hydrogen-bond donors (Lipinski definition) is 1. The molecule has 0 rings (SSSR count). The Balaban J connectivity index is 0. The van der Waals surface area contributed by atoms with E-state index < -0.39 is 8.25 Å². The highest BCUT2D eigenvalue weighted by atomic mass is 31.1. The van der Waals surface area contributed by atoms with Gasteiger partial charge in [-0.25, -0.2) is 0 Å². The van der Waals surface area contributed by atoms with E-state index in [9.17, 15) is 4.57 Å². The Bertz CT molecular complexity index is 97.0. The molecule has 0 aromatic carbocycles. The lowest BCUT2D eigenvalue weighted by Gasteiger charge is -1.90. The van der Waals surface area contributed by atoms with Crippen LogP contribution in [-0.2, 0) is 13.7 Å². The zero-order chi connectivity index (χ0) is 9.28. The first kappa shape index (κ1) is 13.5. The summed E-state index contributed by atoms with van der Waals surface area (Å²) in [5.41, 5.74) is 0. The molecule has 6 heteroatoms. The SMILES string of the molecule is CCO[P+](=O)ON.CN(C)C. The molecule has 0 saturated heterocycles. The van der Waals surface area contributed by atoms with Gasteiger partial charge in [0.1, 0.15) is 6.61 Å². The van der Waals surface area contributed by atoms with Crippen molar-refractivity contribution in [3.63, 3.8) is 0 Å². The van der Waals surface area contributed by atoms with E-state index in [4.69, 9.17) is 0 Å². The minimum atomic E-state index is -2.05. The van der Waals surface area contributed by atoms with Gasteiger partial charge in [-0.1, -0.05) is 0 Å². The number of hydrogen-bond acceptors (Lipinski definition) is 5. The highest BCUT2D eigenvalue weighted by Gasteiger charge is 2.14. The minimum absolute atomic E-state index is 0.354. The molecule has 0 fully saturated rings. The van der Waals surface area contributed by atoms with Crippen LogP contribution in [0.15, 0.2) is 0 Å². The molecule has 5 nitrogen and oxygen atoms in total. The lowest BCUT2D eigenvalue weighted by molar-refractivity contribution is 0.239. The summed E-state index contributed by atoms with van der Waals surface area (Å²) >= 11 is 0. The zero-order valence-corrected chi connectivity index (χ0v) is 8.30. The van der Waals surface area contributed by atoms with Crippen LogP contribution >= 0.6 is 8.25 Å². The summed E-state index contributed by atoms with van der Waals surface area (Å²) in [6.45, 7) is 2.05. The van der Waals surface area contributed by atoms with E-state index in [0.29, 0.717) is 6.61 Å². The van der Waals surface area contributed by atoms with Crippen molar-refractivity contribution in [1.29, 1.82) is 0 Å². The van der Waals surface area contributed by atoms with E-state index in [1.54, 1.807) is 6.92 Å². The summed E-state index contributed by atoms with van der Waals surface area (Å²) in [4.78, 5) is 2.00. The van der Waals surface area contributed by atoms with E-state index in [1.165, 1.54) is 0 Å². The third-order valence-electron chi connectivity index (χ3n) is 0.321. The van der Waals surface area contributed by atoms with Gasteiger partial charge in [-0.15, -0.1) is 4.52 Å². The summed E-state index contributed by atoms with van der Waals surface area (Å²) in [6.07, 6.45) is 0. The highest BCUT2D eigenvalue weighted by molar-refractivity contribution is 7.33. The van der Waals surface area contributed by atoms with Gasteiger partial charge in [0.15, 0.2) is 0 Å². The van der Waals surface area contributed by atoms with Crippen molar-refractivity contribution in [2.75, 3.05) is 27.7 Å². The van der Waals surface area contributed by atoms with Crippen LogP contribution in [0.3, 0.4) is 0 Å². The van der Waals surface area contributed by atoms with E-state index in [1.807, 2.05) is 26.0 Å². The summed E-state index contributed by atoms with van der Waals surface area (Å²) in [7, 11) is 3.95. The quantitative estimate of drug-likeness (QED) is 0.516. The van der Waals surface area contributed by atoms with Gasteiger partial charge in [-0.05, 0) is 32.7 Å². The molecule has 0 saturated carbocycles. The number of rotatable bonds is 3. The second kappa shape index (κ2) is 9.94. The summed E-state index contributed by atoms with van der Waals surface area (Å²) in [6, 6.07) is 0. The fraction of sp³-hybridized carbons (Fsp3) is 1.00. The number of nitrogens with two attached hydrogens (primary N) is 1. The topological polar surface area (TPSA) is 64.8 Å². The molecular weight excluding hydrogens is 167 g/mol. The first-order valence-electron chi connectivity index (χ1n) is 3.12. The van der Waals surface area contributed by atoms with Crippen molar-refractivity contribution in [2.24, 2.45) is 5.90 Å². The summed E-state index contributed by atoms with van der Waals surface area (Å²) in [5.74, 6) is 4.45. The Labute approximate surface area is 68.4 Å². The largest absolute Gasteiger partial charge is 0.716 e. The predicted octanol–water partition coefficient (Wildman–Crippen LogP) is 0.748. The molecular formula is C5H16N2O3P+. The second-order valence-corrected chi connectivity index (χ2v) is 3.00. The molecule has 0 aromatic heterocycles. The van der Waals surface area contributed by atoms with Gasteiger partial charge in [0, 0.05) is 4.57 Å². The van der Waals surface area contributed by atoms with Gasteiger partial charge in [0.2, 0.25) is 0 Å². The third-order valence-corrected chi connectivity index (χ3v) is 0.962. The average Bonchev–Trinajstić information content (AvgIpc) is 1.87. The maximum Gasteiger partial charge on any atom is 0.716 e. The molecule has 0 amide bonds. The van der Waals surface area contributed by atoms with Crippen LogP contribution < -0.4 is 5.90 Å². The molecule has 0 radical (unpaired) electrons. The van der Waals surface area contributed by atoms with Crippen LogP contribution in [0.1, 0.15) is 6.92 Å². The minimum Gasteiger partial charge on any atom is -0.312 e. The average molecular weight is 183 g/mol. The molecule has 2 N–H and O–H groups in total. The molecule has 68 valence electrons. The Hall–Kier alpha value is -0.0600. The Morgan fingerprint density at radius 1 is 1.45 bits per heavy atom. The Morgan fingerprint density at radius 3 is 1.91 bits per heavy atom. The van der Waals surface area contributed by atoms with Crippen molar-refractivity contribution < 1.29 is 13.7 Å². The number of nitrogens with zero attached hydrogens (tertiary/aromatic N) is 1. The predicted molar refractivity (Wildman–Crippen MR) is 44.1 cm³/mol. The molecule has 0 spiro atoms. The summed E-state index contributed by atoms with van der Waals surface area (Å²) < 4.78 is 18.1. The standard InChI is InChI=1S/C3H9N.C2H7NO3P/c1-4(2)3;1-2-5-7(4)6-3/h1-3H3;2-3H2,1H3/q;+1. The lowest BCUT2D eigenvalue weighted by Crippen LogP contribution is -1.99. The summed E-state index contributed by atoms with van der Waals surface area (Å²) in [5, 5.41) is 0. The molecule has 0 aromatic rings. The van der Waals surface area contributed by atoms with Crippen molar-refractivity contribution in [3.05, 3.63) is 0 Å². The molecule has 0 bridgehead atoms. The molecule has 1 atom stereocenters. The molecule has 0 aliphatic rings. The van der Waals surface area contributed by atoms with E-state index in [0.717, 1.165) is 0 Å². The lowest BCUT2D eigenvalue weighted by atomic mass is 10.9. The van der Waals surface area contributed by atoms with E-state index in [2.05, 4.69) is 15.0 Å². The molecule has 11 heavy (non-hydrogen) atoms. The van der Waals surface area contributed by atoms with Gasteiger partial charge >= 0.3 is 8.25 Å². The maximum absolute atomic E-state index is 9.99. The maximum atomic E-state index is 9.99. The van der Waals surface area contributed by atoms with Gasteiger partial charge in [0.05, 0.1) is 0 Å². The van der Waals surface area contributed by atoms with Crippen LogP contribution in [0.25, 0.3) is 0 Å². The van der Waals surface area contributed by atoms with E-state index in [-0.39, 0.29) is 0 Å². The van der Waals surface area contributed by atoms with Gasteiger partial charge < -0.3 is 4.90 Å². The van der Waals surface area contributed by atoms with Crippen molar-refractivity contribution in [1.82, 2.24) is 4.90 Å². The van der Waals surface area contributed by atoms with Gasteiger partial charge in [0.25, 0.3) is 0 Å². The normalized spacial score (nSPS) is 10.5. The molecule has 1 unspecified atom stereocenters. The third kappa shape index (κ3) is 25.7. The Morgan fingerprint density at radius 2 is 1.82 bits per heavy atom. The monoisotopic (exact) mass is 183 g/mol. The molecule has 0 aliphatic heterocycles. The van der Waals surface area contributed by atoms with Crippen LogP contribution in [0, 0.1) is 0 Å². The van der Waals surface area contributed by atoms with Crippen molar-refractivity contribution in [3.8, 4) is 0 Å². The van der Waals surface area contributed by atoms with Crippen molar-refractivity contribution >= 4 is 8.25 Å². The smallest absolute Gasteiger partial charge is 0.312 e. The van der Waals surface area contributed by atoms with Crippen LogP contribution in [0.2, 0.25) is 0 Å². The fourth-order valence-electron chi connectivity index (χ4n) is 0.136. The fourth-order valence-corrected chi connectivity index (χ4v) is 0.408. The van der Waals surface area contributed by atoms with Crippen LogP contribution in [-0.4, -0.2) is 32.6 Å². The molecule has 0 aliphatic carbocycles. The first-order valence-corrected chi connectivity index (χ1v) is 4.22. The molecule has 0 heterocycles. The highest BCUT2D eigenvalue weighted by Crippen LogP contribution is 2.18. The van der Waals surface area contributed by atoms with Crippen LogP contribution in [0.4, 0.5) is 0 Å². The van der Waals surface area contributed by atoms with E-state index >= 15 is 0 Å². The second-order valence-electron chi connectivity index (χ2n) is 2.09. The van der Waals surface area contributed by atoms with Crippen LogP contribution in [0.5, 0.6) is 0 Å². The van der Waals surface area contributed by atoms with Crippen molar-refractivity contribution in [2.45, 2.75) is 6.92 Å². The van der Waals surface area contributed by atoms with Gasteiger partial charge in [-0.2, -0.15) is 5.90 Å². The Kier molecular flexibility index (Phi) is 12.2. The zero-order valence-electron chi connectivity index (χ0n) is 7.40. The van der Waals surface area contributed by atoms with Gasteiger partial charge in [-0.3, -0.25) is 0 Å².